The molecular weight excluding hydrogens is 248 g/mol. The molecule has 0 spiro atoms. The van der Waals surface area contributed by atoms with Gasteiger partial charge in [0.05, 0.1) is 0 Å². The van der Waals surface area contributed by atoms with E-state index in [-0.39, 0.29) is 48.9 Å². The molecule has 5 nitrogen and oxygen atoms in total. The molecule has 0 aromatic rings. The van der Waals surface area contributed by atoms with Crippen LogP contribution in [0.15, 0.2) is 0 Å². The minimum atomic E-state index is -4.80. The summed E-state index contributed by atoms with van der Waals surface area (Å²) in [5, 5.41) is 0. The molecule has 1 aliphatic rings. The van der Waals surface area contributed by atoms with Gasteiger partial charge in [0, 0.05) is 0 Å². The zero-order chi connectivity index (χ0) is 4.86. The van der Waals surface area contributed by atoms with E-state index in [0.717, 1.165) is 0 Å². The second-order valence-electron chi connectivity index (χ2n) is 0.982. The van der Waals surface area contributed by atoms with Crippen LogP contribution >= 0.6 is 7.74 Å². The number of hydrogen-bond acceptors (Lipinski definition) is 5. The van der Waals surface area contributed by atoms with E-state index in [9.17, 15) is 0 Å². The van der Waals surface area contributed by atoms with Crippen molar-refractivity contribution in [1.82, 2.24) is 0 Å². The second kappa shape index (κ2) is 1.89. The fourth-order valence-corrected chi connectivity index (χ4v) is 0.402. The molecule has 0 bridgehead atoms. The number of rotatable bonds is 0. The summed E-state index contributed by atoms with van der Waals surface area (Å²) in [5.74, 6) is 0. The topological polar surface area (TPSA) is 85.8 Å². The Morgan fingerprint density at radius 3 is 1.14 bits per heavy atom. The van der Waals surface area contributed by atoms with E-state index in [1.165, 1.54) is 0 Å². The van der Waals surface area contributed by atoms with Crippen LogP contribution in [-0.2, 0) is 9.35 Å². The van der Waals surface area contributed by atoms with E-state index in [0.29, 0.717) is 0 Å². The monoisotopic (exact) mass is 254 g/mol. The molecule has 0 aliphatic carbocycles. The van der Waals surface area contributed by atoms with Crippen molar-refractivity contribution in [3.05, 3.63) is 0 Å². The standard InChI is InChI=1S/Ba.H3O5P.2H/c;1-6(2,3)4-5-6;;/h;1-3H;;. The summed E-state index contributed by atoms with van der Waals surface area (Å²) in [7, 11) is -4.80. The molecule has 0 saturated carbocycles. The first-order chi connectivity index (χ1) is 2.47. The third kappa shape index (κ3) is 3.39. The molecule has 1 saturated heterocycles. The van der Waals surface area contributed by atoms with Crippen LogP contribution in [0.3, 0.4) is 0 Å². The quantitative estimate of drug-likeness (QED) is 0.204. The van der Waals surface area contributed by atoms with E-state index in [4.69, 9.17) is 14.7 Å². The van der Waals surface area contributed by atoms with Crippen LogP contribution in [0.4, 0.5) is 0 Å². The summed E-state index contributed by atoms with van der Waals surface area (Å²) in [6, 6.07) is 0. The summed E-state index contributed by atoms with van der Waals surface area (Å²) in [6.07, 6.45) is 0. The molecule has 0 aromatic heterocycles. The minimum absolute atomic E-state index is 0. The molecule has 1 fully saturated rings. The molecule has 7 heteroatoms. The van der Waals surface area contributed by atoms with Crippen molar-refractivity contribution < 1.29 is 24.0 Å². The molecule has 7 heavy (non-hydrogen) atoms. The van der Waals surface area contributed by atoms with Gasteiger partial charge in [0.2, 0.25) is 0 Å². The summed E-state index contributed by atoms with van der Waals surface area (Å²) in [5.41, 5.74) is 0. The second-order valence-corrected chi connectivity index (χ2v) is 2.95. The van der Waals surface area contributed by atoms with Crippen molar-refractivity contribution in [2.24, 2.45) is 0 Å². The van der Waals surface area contributed by atoms with Crippen LogP contribution in [-0.4, -0.2) is 63.6 Å². The van der Waals surface area contributed by atoms with Gasteiger partial charge in [-0.1, -0.05) is 0 Å². The summed E-state index contributed by atoms with van der Waals surface area (Å²) < 4.78 is 6.76. The first kappa shape index (κ1) is 8.80. The Morgan fingerprint density at radius 2 is 1.14 bits per heavy atom. The third-order valence-electron chi connectivity index (χ3n) is 0.275. The van der Waals surface area contributed by atoms with Crippen molar-refractivity contribution in [2.45, 2.75) is 0 Å². The van der Waals surface area contributed by atoms with E-state index in [1.807, 2.05) is 0 Å². The molecule has 0 atom stereocenters. The van der Waals surface area contributed by atoms with Crippen LogP contribution in [0.5, 0.6) is 0 Å². The molecule has 0 amide bonds. The summed E-state index contributed by atoms with van der Waals surface area (Å²) >= 11 is 0. The zero-order valence-electron chi connectivity index (χ0n) is 2.61. The van der Waals surface area contributed by atoms with Crippen LogP contribution in [0, 0.1) is 0 Å². The Kier molecular flexibility index (Phi) is 2.38. The Labute approximate surface area is 79.6 Å². The van der Waals surface area contributed by atoms with Gasteiger partial charge in [-0.05, 0) is 0 Å². The molecule has 1 heterocycles. The van der Waals surface area contributed by atoms with E-state index >= 15 is 0 Å². The van der Waals surface area contributed by atoms with Gasteiger partial charge in [-0.15, -0.1) is 0 Å². The van der Waals surface area contributed by atoms with E-state index in [1.54, 1.807) is 0 Å². The fraction of sp³-hybridized carbons (Fsp3) is 0. The van der Waals surface area contributed by atoms with Crippen molar-refractivity contribution in [2.75, 3.05) is 0 Å². The van der Waals surface area contributed by atoms with Crippen molar-refractivity contribution in [1.29, 1.82) is 0 Å². The average molecular weight is 253 g/mol. The van der Waals surface area contributed by atoms with Gasteiger partial charge in [0.15, 0.2) is 0 Å². The molecule has 1 rings (SSSR count). The Morgan fingerprint density at radius 1 is 1.00 bits per heavy atom. The van der Waals surface area contributed by atoms with Crippen molar-refractivity contribution >= 4 is 56.6 Å². The molecule has 0 unspecified atom stereocenters. The molecular formula is H5BaO5P. The van der Waals surface area contributed by atoms with Gasteiger partial charge in [0.25, 0.3) is 0 Å². The maximum atomic E-state index is 7.89. The molecule has 1 aliphatic heterocycles. The van der Waals surface area contributed by atoms with E-state index < -0.39 is 7.74 Å². The maximum absolute atomic E-state index is 7.89. The predicted octanol–water partition coefficient (Wildman–Crippen LogP) is -1.86. The van der Waals surface area contributed by atoms with Crippen LogP contribution in [0.2, 0.25) is 0 Å². The molecule has 3 N–H and O–H groups in total. The average Bonchev–Trinajstić information content (AvgIpc) is 1.73. The first-order valence-electron chi connectivity index (χ1n) is 1.13. The molecule has 0 radical (unpaired) electrons. The van der Waals surface area contributed by atoms with E-state index in [2.05, 4.69) is 9.35 Å². The first-order valence-corrected chi connectivity index (χ1v) is 3.06. The van der Waals surface area contributed by atoms with Gasteiger partial charge in [-0.2, -0.15) is 0 Å². The summed E-state index contributed by atoms with van der Waals surface area (Å²) in [6.45, 7) is 0. The van der Waals surface area contributed by atoms with Gasteiger partial charge in [-0.3, -0.25) is 0 Å². The Hall–Kier alpha value is 1.80. The Balaban J connectivity index is 0.000000360. The zero-order valence-corrected chi connectivity index (χ0v) is 3.50. The van der Waals surface area contributed by atoms with Gasteiger partial charge in [-0.25, -0.2) is 0 Å². The van der Waals surface area contributed by atoms with Gasteiger partial charge < -0.3 is 0 Å². The van der Waals surface area contributed by atoms with Crippen molar-refractivity contribution in [3.8, 4) is 0 Å². The van der Waals surface area contributed by atoms with Crippen LogP contribution in [0.25, 0.3) is 0 Å². The summed E-state index contributed by atoms with van der Waals surface area (Å²) in [4.78, 5) is 23.7. The fourth-order valence-electron chi connectivity index (χ4n) is 0.0447. The predicted molar refractivity (Wildman–Crippen MR) is 24.3 cm³/mol. The van der Waals surface area contributed by atoms with Crippen molar-refractivity contribution in [3.63, 3.8) is 0 Å². The van der Waals surface area contributed by atoms with Crippen LogP contribution in [0.1, 0.15) is 0 Å². The SMILES string of the molecule is OP1(O)(O)OO1.[BaH2]. The normalized spacial score (nSPS) is 36.7. The molecule has 0 aromatic carbocycles. The van der Waals surface area contributed by atoms with Crippen LogP contribution < -0.4 is 0 Å². The molecule has 42 valence electrons. The third-order valence-corrected chi connectivity index (χ3v) is 0.824. The van der Waals surface area contributed by atoms with Gasteiger partial charge in [0.1, 0.15) is 0 Å². The Bertz CT molecular complexity index is 71.8. The van der Waals surface area contributed by atoms with Gasteiger partial charge >= 0.3 is 80.6 Å². The number of hydrogen-bond donors (Lipinski definition) is 3.